The first-order valence-corrected chi connectivity index (χ1v) is 11.9. The summed E-state index contributed by atoms with van der Waals surface area (Å²) in [6.07, 6.45) is 3.39. The van der Waals surface area contributed by atoms with Crippen LogP contribution in [0.3, 0.4) is 0 Å². The van der Waals surface area contributed by atoms with Crippen LogP contribution in [0, 0.1) is 6.92 Å². The summed E-state index contributed by atoms with van der Waals surface area (Å²) in [5.41, 5.74) is 4.39. The summed E-state index contributed by atoms with van der Waals surface area (Å²) in [6.45, 7) is 4.76. The van der Waals surface area contributed by atoms with Crippen LogP contribution in [0.4, 0.5) is 11.4 Å². The number of nitrogens with zero attached hydrogens (tertiary/aromatic N) is 2. The van der Waals surface area contributed by atoms with Crippen molar-refractivity contribution in [2.24, 2.45) is 0 Å². The molecule has 162 valence electrons. The van der Waals surface area contributed by atoms with E-state index < -0.39 is 0 Å². The Balaban J connectivity index is 1.21. The number of aromatic nitrogens is 1. The van der Waals surface area contributed by atoms with Gasteiger partial charge >= 0.3 is 0 Å². The van der Waals surface area contributed by atoms with Crippen molar-refractivity contribution in [2.45, 2.75) is 38.3 Å². The van der Waals surface area contributed by atoms with Crippen LogP contribution in [0.1, 0.15) is 33.8 Å². The molecule has 7 heteroatoms. The predicted molar refractivity (Wildman–Crippen MR) is 129 cm³/mol. The number of rotatable bonds is 6. The van der Waals surface area contributed by atoms with Gasteiger partial charge in [0.25, 0.3) is 5.91 Å². The van der Waals surface area contributed by atoms with E-state index in [9.17, 15) is 4.79 Å². The van der Waals surface area contributed by atoms with Gasteiger partial charge in [-0.1, -0.05) is 12.1 Å². The predicted octanol–water partition coefficient (Wildman–Crippen LogP) is 3.56. The topological polar surface area (TPSA) is 69.3 Å². The second-order valence-corrected chi connectivity index (χ2v) is 9.48. The van der Waals surface area contributed by atoms with Gasteiger partial charge in [-0.15, -0.1) is 11.3 Å². The van der Waals surface area contributed by atoms with Crippen LogP contribution in [0.2, 0.25) is 0 Å². The number of pyridine rings is 1. The van der Waals surface area contributed by atoms with Crippen LogP contribution in [-0.2, 0) is 6.42 Å². The summed E-state index contributed by atoms with van der Waals surface area (Å²) >= 11 is 1.44. The monoisotopic (exact) mass is 435 g/mol. The number of carbonyl (C=O) groups is 1. The van der Waals surface area contributed by atoms with Gasteiger partial charge in [0.15, 0.2) is 0 Å². The van der Waals surface area contributed by atoms with Crippen molar-refractivity contribution in [3.05, 3.63) is 52.5 Å². The van der Waals surface area contributed by atoms with Crippen LogP contribution in [-0.4, -0.2) is 49.7 Å². The fourth-order valence-electron chi connectivity index (χ4n) is 4.91. The van der Waals surface area contributed by atoms with E-state index in [2.05, 4.69) is 50.1 Å². The SMILES string of the molecule is CNc1c(C(=O)NCCc2ccc(N3C4CCC3CNC4)cc2)sc2nc(C)ccc12. The quantitative estimate of drug-likeness (QED) is 0.552. The number of thiophene rings is 1. The van der Waals surface area contributed by atoms with Crippen LogP contribution in [0.5, 0.6) is 0 Å². The molecule has 2 unspecified atom stereocenters. The summed E-state index contributed by atoms with van der Waals surface area (Å²) in [5.74, 6) is -0.0426. The molecule has 2 aliphatic heterocycles. The number of carbonyl (C=O) groups excluding carboxylic acids is 1. The Morgan fingerprint density at radius 2 is 1.90 bits per heavy atom. The van der Waals surface area contributed by atoms with Gasteiger partial charge in [0.1, 0.15) is 9.71 Å². The molecule has 1 aromatic carbocycles. The first-order valence-electron chi connectivity index (χ1n) is 11.1. The van der Waals surface area contributed by atoms with Crippen molar-refractivity contribution in [3.8, 4) is 0 Å². The lowest BCUT2D eigenvalue weighted by molar-refractivity contribution is 0.0959. The molecule has 3 aromatic rings. The van der Waals surface area contributed by atoms with Crippen LogP contribution in [0.15, 0.2) is 36.4 Å². The molecular weight excluding hydrogens is 406 g/mol. The van der Waals surface area contributed by atoms with E-state index in [1.54, 1.807) is 0 Å². The third-order valence-corrected chi connectivity index (χ3v) is 7.56. The van der Waals surface area contributed by atoms with Crippen molar-refractivity contribution in [1.82, 2.24) is 15.6 Å². The zero-order valence-electron chi connectivity index (χ0n) is 18.1. The molecule has 2 saturated heterocycles. The minimum atomic E-state index is -0.0426. The van der Waals surface area contributed by atoms with Crippen LogP contribution < -0.4 is 20.9 Å². The maximum absolute atomic E-state index is 12.8. The first-order chi connectivity index (χ1) is 15.1. The number of aryl methyl sites for hydroxylation is 1. The average molecular weight is 436 g/mol. The lowest BCUT2D eigenvalue weighted by Gasteiger charge is -2.37. The molecule has 2 aliphatic rings. The van der Waals surface area contributed by atoms with Crippen molar-refractivity contribution in [1.29, 1.82) is 0 Å². The highest BCUT2D eigenvalue weighted by Gasteiger charge is 2.36. The highest BCUT2D eigenvalue weighted by Crippen LogP contribution is 2.35. The molecule has 0 aliphatic carbocycles. The summed E-state index contributed by atoms with van der Waals surface area (Å²) in [5, 5.41) is 10.8. The minimum absolute atomic E-state index is 0.0426. The van der Waals surface area contributed by atoms with Gasteiger partial charge in [-0.2, -0.15) is 0 Å². The van der Waals surface area contributed by atoms with Gasteiger partial charge in [0.05, 0.1) is 5.69 Å². The third kappa shape index (κ3) is 3.88. The van der Waals surface area contributed by atoms with E-state index in [-0.39, 0.29) is 5.91 Å². The van der Waals surface area contributed by atoms with Crippen molar-refractivity contribution in [3.63, 3.8) is 0 Å². The zero-order chi connectivity index (χ0) is 21.4. The van der Waals surface area contributed by atoms with E-state index in [0.717, 1.165) is 41.1 Å². The van der Waals surface area contributed by atoms with Crippen LogP contribution in [0.25, 0.3) is 10.2 Å². The maximum Gasteiger partial charge on any atom is 0.263 e. The van der Waals surface area contributed by atoms with Gasteiger partial charge in [-0.3, -0.25) is 4.79 Å². The lowest BCUT2D eigenvalue weighted by atomic mass is 10.1. The number of fused-ring (bicyclic) bond motifs is 3. The molecule has 2 atom stereocenters. The highest BCUT2D eigenvalue weighted by atomic mass is 32.1. The third-order valence-electron chi connectivity index (χ3n) is 6.46. The minimum Gasteiger partial charge on any atom is -0.386 e. The number of nitrogens with one attached hydrogen (secondary N) is 3. The Morgan fingerprint density at radius 1 is 1.16 bits per heavy atom. The van der Waals surface area contributed by atoms with E-state index in [4.69, 9.17) is 0 Å². The Kier molecular flexibility index (Phi) is 5.54. The van der Waals surface area contributed by atoms with Crippen molar-refractivity contribution >= 4 is 38.8 Å². The van der Waals surface area contributed by atoms with E-state index in [0.29, 0.717) is 23.5 Å². The van der Waals surface area contributed by atoms with E-state index in [1.807, 2.05) is 26.1 Å². The smallest absolute Gasteiger partial charge is 0.263 e. The number of hydrogen-bond acceptors (Lipinski definition) is 6. The molecule has 2 bridgehead atoms. The van der Waals surface area contributed by atoms with Crippen molar-refractivity contribution < 1.29 is 4.79 Å². The molecule has 2 fully saturated rings. The number of anilines is 2. The summed E-state index contributed by atoms with van der Waals surface area (Å²) in [4.78, 5) is 21.6. The second kappa shape index (κ2) is 8.48. The number of amides is 1. The summed E-state index contributed by atoms with van der Waals surface area (Å²) in [6, 6.07) is 14.2. The fraction of sp³-hybridized carbons (Fsp3) is 0.417. The molecule has 5 rings (SSSR count). The summed E-state index contributed by atoms with van der Waals surface area (Å²) < 4.78 is 0. The molecule has 4 heterocycles. The largest absolute Gasteiger partial charge is 0.386 e. The zero-order valence-corrected chi connectivity index (χ0v) is 18.9. The number of piperazine rings is 1. The second-order valence-electron chi connectivity index (χ2n) is 8.48. The summed E-state index contributed by atoms with van der Waals surface area (Å²) in [7, 11) is 1.85. The lowest BCUT2D eigenvalue weighted by Crippen LogP contribution is -2.51. The first kappa shape index (κ1) is 20.3. The molecule has 3 N–H and O–H groups in total. The Hall–Kier alpha value is -2.64. The molecule has 0 spiro atoms. The van der Waals surface area contributed by atoms with Gasteiger partial charge in [0, 0.05) is 55.5 Å². The molecule has 0 radical (unpaired) electrons. The Labute approximate surface area is 187 Å². The maximum atomic E-state index is 12.8. The number of benzene rings is 1. The van der Waals surface area contributed by atoms with E-state index >= 15 is 0 Å². The Morgan fingerprint density at radius 3 is 2.61 bits per heavy atom. The molecular formula is C24H29N5OS. The van der Waals surface area contributed by atoms with Gasteiger partial charge in [-0.25, -0.2) is 4.98 Å². The highest BCUT2D eigenvalue weighted by molar-refractivity contribution is 7.21. The van der Waals surface area contributed by atoms with Crippen LogP contribution >= 0.6 is 11.3 Å². The van der Waals surface area contributed by atoms with Crippen molar-refractivity contribution in [2.75, 3.05) is 36.9 Å². The average Bonchev–Trinajstić information content (AvgIpc) is 3.27. The normalized spacial score (nSPS) is 20.3. The van der Waals surface area contributed by atoms with Gasteiger partial charge in [-0.05, 0) is 56.0 Å². The molecule has 6 nitrogen and oxygen atoms in total. The van der Waals surface area contributed by atoms with E-state index in [1.165, 1.54) is 35.4 Å². The standard InChI is InChI=1S/C24H29N5OS/c1-15-3-10-20-21(25-2)22(31-24(20)28-15)23(30)27-12-11-16-4-6-17(7-5-16)29-18-8-9-19(29)14-26-13-18/h3-7,10,18-19,25-26H,8-9,11-14H2,1-2H3,(H,27,30). The van der Waals surface area contributed by atoms with Gasteiger partial charge in [0.2, 0.25) is 0 Å². The molecule has 1 amide bonds. The Bertz CT molecular complexity index is 1080. The number of hydrogen-bond donors (Lipinski definition) is 3. The fourth-order valence-corrected chi connectivity index (χ4v) is 6.06. The van der Waals surface area contributed by atoms with Gasteiger partial charge < -0.3 is 20.9 Å². The molecule has 2 aromatic heterocycles. The molecule has 31 heavy (non-hydrogen) atoms. The molecule has 0 saturated carbocycles.